The zero-order valence-corrected chi connectivity index (χ0v) is 14.0. The van der Waals surface area contributed by atoms with Gasteiger partial charge in [-0.15, -0.1) is 0 Å². The Hall–Kier alpha value is -1.41. The monoisotopic (exact) mass is 296 g/mol. The fourth-order valence-corrected chi connectivity index (χ4v) is 3.60. The molecule has 0 amide bonds. The van der Waals surface area contributed by atoms with E-state index in [0.29, 0.717) is 0 Å². The van der Waals surface area contributed by atoms with Crippen LogP contribution >= 0.6 is 0 Å². The molecule has 0 spiro atoms. The van der Waals surface area contributed by atoms with Crippen molar-refractivity contribution in [3.63, 3.8) is 0 Å². The first kappa shape index (κ1) is 15.5. The molecule has 2 nitrogen and oxygen atoms in total. The van der Waals surface area contributed by atoms with Gasteiger partial charge in [0.25, 0.3) is 0 Å². The van der Waals surface area contributed by atoms with E-state index in [0.717, 1.165) is 25.9 Å². The summed E-state index contributed by atoms with van der Waals surface area (Å²) in [6, 6.07) is 6.71. The van der Waals surface area contributed by atoms with E-state index in [-0.39, 0.29) is 0 Å². The van der Waals surface area contributed by atoms with Crippen molar-refractivity contribution in [1.29, 1.82) is 0 Å². The summed E-state index contributed by atoms with van der Waals surface area (Å²) in [6.07, 6.45) is 8.54. The van der Waals surface area contributed by atoms with Crippen molar-refractivity contribution < 1.29 is 0 Å². The topological polar surface area (TPSA) is 24.9 Å². The van der Waals surface area contributed by atoms with Gasteiger partial charge in [0.2, 0.25) is 0 Å². The maximum atomic E-state index is 5.06. The maximum Gasteiger partial charge on any atom is 0.0740 e. The number of fused-ring (bicyclic) bond motifs is 2. The Labute approximate surface area is 134 Å². The van der Waals surface area contributed by atoms with E-state index >= 15 is 0 Å². The van der Waals surface area contributed by atoms with Crippen molar-refractivity contribution >= 4 is 10.9 Å². The highest BCUT2D eigenvalue weighted by molar-refractivity contribution is 5.86. The number of nitrogens with zero attached hydrogens (tertiary/aromatic N) is 1. The number of benzene rings is 1. The second-order valence-corrected chi connectivity index (χ2v) is 6.42. The molecule has 0 atom stereocenters. The van der Waals surface area contributed by atoms with Gasteiger partial charge in [0.1, 0.15) is 0 Å². The quantitative estimate of drug-likeness (QED) is 0.790. The van der Waals surface area contributed by atoms with Crippen molar-refractivity contribution in [1.82, 2.24) is 10.3 Å². The van der Waals surface area contributed by atoms with Gasteiger partial charge in [-0.25, -0.2) is 0 Å². The second-order valence-electron chi connectivity index (χ2n) is 6.42. The number of hydrogen-bond donors (Lipinski definition) is 1. The molecule has 22 heavy (non-hydrogen) atoms. The fraction of sp³-hybridized carbons (Fsp3) is 0.550. The molecule has 0 saturated carbocycles. The molecule has 3 rings (SSSR count). The molecule has 0 aliphatic heterocycles. The molecule has 118 valence electrons. The summed E-state index contributed by atoms with van der Waals surface area (Å²) in [4.78, 5) is 5.06. The zero-order valence-electron chi connectivity index (χ0n) is 14.0. The molecule has 2 aromatic rings. The summed E-state index contributed by atoms with van der Waals surface area (Å²) in [6.45, 7) is 6.59. The summed E-state index contributed by atoms with van der Waals surface area (Å²) in [5.41, 5.74) is 7.06. The Bertz CT molecular complexity index is 646. The minimum atomic E-state index is 0.995. The van der Waals surface area contributed by atoms with Crippen LogP contribution in [-0.2, 0) is 25.8 Å². The van der Waals surface area contributed by atoms with Crippen molar-refractivity contribution in [3.8, 4) is 0 Å². The number of nitrogens with one attached hydrogen (secondary N) is 1. The number of aryl methyl sites for hydroxylation is 2. The van der Waals surface area contributed by atoms with Crippen LogP contribution in [0.1, 0.15) is 61.9 Å². The summed E-state index contributed by atoms with van der Waals surface area (Å²) >= 11 is 0. The third kappa shape index (κ3) is 3.03. The van der Waals surface area contributed by atoms with Gasteiger partial charge in [0.05, 0.1) is 5.52 Å². The van der Waals surface area contributed by atoms with Crippen LogP contribution in [0.3, 0.4) is 0 Å². The Morgan fingerprint density at radius 3 is 2.82 bits per heavy atom. The lowest BCUT2D eigenvalue weighted by molar-refractivity contribution is 0.624. The molecule has 0 fully saturated rings. The van der Waals surface area contributed by atoms with E-state index in [2.05, 4.69) is 37.4 Å². The molecule has 0 unspecified atom stereocenters. The molecule has 0 bridgehead atoms. The summed E-state index contributed by atoms with van der Waals surface area (Å²) in [7, 11) is 0. The fourth-order valence-electron chi connectivity index (χ4n) is 3.60. The molecule has 1 N–H and O–H groups in total. The van der Waals surface area contributed by atoms with Crippen LogP contribution in [0.5, 0.6) is 0 Å². The van der Waals surface area contributed by atoms with Crippen LogP contribution in [0.4, 0.5) is 0 Å². The number of hydrogen-bond acceptors (Lipinski definition) is 2. The Kier molecular flexibility index (Phi) is 5.09. The van der Waals surface area contributed by atoms with Crippen LogP contribution in [0, 0.1) is 0 Å². The van der Waals surface area contributed by atoms with E-state index in [1.807, 2.05) is 0 Å². The van der Waals surface area contributed by atoms with Gasteiger partial charge in [-0.05, 0) is 61.8 Å². The van der Waals surface area contributed by atoms with Crippen LogP contribution in [-0.4, -0.2) is 11.5 Å². The molecule has 0 radical (unpaired) electrons. The van der Waals surface area contributed by atoms with Crippen molar-refractivity contribution in [2.45, 2.75) is 65.3 Å². The van der Waals surface area contributed by atoms with Gasteiger partial charge in [-0.3, -0.25) is 4.98 Å². The normalized spacial score (nSPS) is 14.3. The van der Waals surface area contributed by atoms with Crippen LogP contribution < -0.4 is 5.32 Å². The van der Waals surface area contributed by atoms with Gasteiger partial charge in [0.15, 0.2) is 0 Å². The Morgan fingerprint density at radius 2 is 2.00 bits per heavy atom. The highest BCUT2D eigenvalue weighted by Gasteiger charge is 2.18. The first-order chi connectivity index (χ1) is 10.8. The van der Waals surface area contributed by atoms with Crippen LogP contribution in [0.25, 0.3) is 10.9 Å². The molecule has 1 aromatic carbocycles. The third-order valence-corrected chi connectivity index (χ3v) is 4.88. The average Bonchev–Trinajstić information content (AvgIpc) is 2.57. The Morgan fingerprint density at radius 1 is 1.14 bits per heavy atom. The second kappa shape index (κ2) is 7.23. The van der Waals surface area contributed by atoms with E-state index in [1.165, 1.54) is 65.4 Å². The zero-order chi connectivity index (χ0) is 15.4. The molecular weight excluding hydrogens is 268 g/mol. The average molecular weight is 296 g/mol. The van der Waals surface area contributed by atoms with Gasteiger partial charge in [-0.1, -0.05) is 38.5 Å². The lowest BCUT2D eigenvalue weighted by atomic mass is 9.89. The smallest absolute Gasteiger partial charge is 0.0740 e. The predicted molar refractivity (Wildman–Crippen MR) is 94.4 cm³/mol. The number of aromatic nitrogens is 1. The van der Waals surface area contributed by atoms with Gasteiger partial charge >= 0.3 is 0 Å². The summed E-state index contributed by atoms with van der Waals surface area (Å²) < 4.78 is 0. The highest BCUT2D eigenvalue weighted by atomic mass is 14.8. The number of pyridine rings is 1. The molecular formula is C20H28N2. The largest absolute Gasteiger partial charge is 0.313 e. The lowest BCUT2D eigenvalue weighted by Gasteiger charge is -2.22. The molecule has 1 aliphatic carbocycles. The molecule has 1 aliphatic rings. The van der Waals surface area contributed by atoms with Crippen molar-refractivity contribution in [2.75, 3.05) is 6.54 Å². The minimum absolute atomic E-state index is 0.995. The first-order valence-corrected chi connectivity index (χ1v) is 8.98. The molecule has 1 aromatic heterocycles. The maximum absolute atomic E-state index is 5.06. The van der Waals surface area contributed by atoms with Crippen LogP contribution in [0.2, 0.25) is 0 Å². The van der Waals surface area contributed by atoms with Gasteiger partial charge in [0, 0.05) is 17.6 Å². The minimum Gasteiger partial charge on any atom is -0.313 e. The van der Waals surface area contributed by atoms with Crippen molar-refractivity contribution in [2.24, 2.45) is 0 Å². The standard InChI is InChI=1S/C20H28N2/c1-3-5-13-21-14-18-16-10-6-7-12-19(16)22-20-15(4-2)9-8-11-17(18)20/h8-9,11,21H,3-7,10,12-14H2,1-2H3. The molecule has 1 heterocycles. The summed E-state index contributed by atoms with van der Waals surface area (Å²) in [5, 5.41) is 5.03. The van der Waals surface area contributed by atoms with Gasteiger partial charge in [-0.2, -0.15) is 0 Å². The third-order valence-electron chi connectivity index (χ3n) is 4.88. The molecule has 0 saturated heterocycles. The molecule has 2 heteroatoms. The van der Waals surface area contributed by atoms with E-state index in [1.54, 1.807) is 0 Å². The number of rotatable bonds is 6. The van der Waals surface area contributed by atoms with E-state index in [4.69, 9.17) is 4.98 Å². The van der Waals surface area contributed by atoms with E-state index < -0.39 is 0 Å². The number of unbranched alkanes of at least 4 members (excludes halogenated alkanes) is 1. The van der Waals surface area contributed by atoms with Crippen LogP contribution in [0.15, 0.2) is 18.2 Å². The Balaban J connectivity index is 2.05. The summed E-state index contributed by atoms with van der Waals surface area (Å²) in [5.74, 6) is 0. The van der Waals surface area contributed by atoms with Crippen molar-refractivity contribution in [3.05, 3.63) is 40.6 Å². The first-order valence-electron chi connectivity index (χ1n) is 8.98. The van der Waals surface area contributed by atoms with Gasteiger partial charge < -0.3 is 5.32 Å². The van der Waals surface area contributed by atoms with E-state index in [9.17, 15) is 0 Å². The SMILES string of the molecule is CCCCNCc1c2c(nc3c(CC)cccc13)CCCC2. The highest BCUT2D eigenvalue weighted by Crippen LogP contribution is 2.30. The lowest BCUT2D eigenvalue weighted by Crippen LogP contribution is -2.19. The number of para-hydroxylation sites is 1. The predicted octanol–water partition coefficient (Wildman–Crippen LogP) is 4.57.